The predicted molar refractivity (Wildman–Crippen MR) is 101 cm³/mol. The van der Waals surface area contributed by atoms with Gasteiger partial charge in [0.05, 0.1) is 5.69 Å². The number of nitrogens with two attached hydrogens (primary N) is 1. The van der Waals surface area contributed by atoms with Gasteiger partial charge in [-0.15, -0.1) is 0 Å². The fourth-order valence-corrected chi connectivity index (χ4v) is 2.90. The van der Waals surface area contributed by atoms with Gasteiger partial charge in [-0.25, -0.2) is 4.99 Å². The minimum absolute atomic E-state index is 0.0704. The quantitative estimate of drug-likeness (QED) is 0.651. The summed E-state index contributed by atoms with van der Waals surface area (Å²) >= 11 is 0. The van der Waals surface area contributed by atoms with E-state index in [1.807, 2.05) is 30.3 Å². The number of carbonyl (C=O) groups excluding carboxylic acids is 1. The van der Waals surface area contributed by atoms with E-state index >= 15 is 0 Å². The fourth-order valence-electron chi connectivity index (χ4n) is 2.90. The van der Waals surface area contributed by atoms with Crippen LogP contribution in [0.5, 0.6) is 0 Å². The van der Waals surface area contributed by atoms with Gasteiger partial charge in [0.15, 0.2) is 5.96 Å². The van der Waals surface area contributed by atoms with Gasteiger partial charge in [-0.05, 0) is 49.1 Å². The molecule has 0 spiro atoms. The monoisotopic (exact) mass is 336 g/mol. The summed E-state index contributed by atoms with van der Waals surface area (Å²) in [4.78, 5) is 18.7. The zero-order chi connectivity index (χ0) is 17.5. The Kier molecular flexibility index (Phi) is 5.67. The van der Waals surface area contributed by atoms with E-state index in [2.05, 4.69) is 27.3 Å². The van der Waals surface area contributed by atoms with E-state index in [-0.39, 0.29) is 5.91 Å². The summed E-state index contributed by atoms with van der Waals surface area (Å²) in [7, 11) is 0. The topological polar surface area (TPSA) is 70.7 Å². The number of rotatable bonds is 5. The highest BCUT2D eigenvalue weighted by molar-refractivity contribution is 5.94. The van der Waals surface area contributed by atoms with E-state index in [9.17, 15) is 4.79 Å². The van der Waals surface area contributed by atoms with Crippen LogP contribution in [-0.2, 0) is 6.42 Å². The first-order valence-corrected chi connectivity index (χ1v) is 8.74. The lowest BCUT2D eigenvalue weighted by molar-refractivity contribution is 0.0954. The van der Waals surface area contributed by atoms with Crippen LogP contribution < -0.4 is 11.1 Å². The van der Waals surface area contributed by atoms with Gasteiger partial charge in [-0.3, -0.25) is 4.79 Å². The van der Waals surface area contributed by atoms with Crippen LogP contribution in [0.25, 0.3) is 0 Å². The summed E-state index contributed by atoms with van der Waals surface area (Å²) in [6, 6.07) is 17.3. The summed E-state index contributed by atoms with van der Waals surface area (Å²) in [5, 5.41) is 2.94. The van der Waals surface area contributed by atoms with E-state index in [0.29, 0.717) is 18.1 Å². The van der Waals surface area contributed by atoms with Crippen molar-refractivity contribution in [1.29, 1.82) is 0 Å². The van der Waals surface area contributed by atoms with E-state index in [1.54, 1.807) is 12.1 Å². The Balaban J connectivity index is 1.52. The number of carbonyl (C=O) groups is 1. The van der Waals surface area contributed by atoms with Crippen LogP contribution >= 0.6 is 0 Å². The Bertz CT molecular complexity index is 719. The van der Waals surface area contributed by atoms with Gasteiger partial charge in [-0.2, -0.15) is 0 Å². The van der Waals surface area contributed by atoms with Gasteiger partial charge in [0, 0.05) is 25.2 Å². The molecular weight excluding hydrogens is 312 g/mol. The highest BCUT2D eigenvalue weighted by atomic mass is 16.1. The third kappa shape index (κ3) is 4.83. The van der Waals surface area contributed by atoms with Crippen molar-refractivity contribution in [2.24, 2.45) is 10.7 Å². The Morgan fingerprint density at radius 3 is 2.40 bits per heavy atom. The minimum atomic E-state index is -0.0704. The van der Waals surface area contributed by atoms with Crippen molar-refractivity contribution in [3.8, 4) is 0 Å². The molecule has 0 aromatic heterocycles. The summed E-state index contributed by atoms with van der Waals surface area (Å²) in [5.41, 5.74) is 8.64. The van der Waals surface area contributed by atoms with E-state index in [0.717, 1.165) is 38.0 Å². The van der Waals surface area contributed by atoms with E-state index in [1.165, 1.54) is 5.56 Å². The van der Waals surface area contributed by atoms with Crippen molar-refractivity contribution in [2.75, 3.05) is 19.6 Å². The SMILES string of the molecule is NC(=Nc1ccc(C(=O)NCCc2ccccc2)cc1)N1CCCC1. The second kappa shape index (κ2) is 8.33. The van der Waals surface area contributed by atoms with E-state index < -0.39 is 0 Å². The summed E-state index contributed by atoms with van der Waals surface area (Å²) in [5.74, 6) is 0.483. The lowest BCUT2D eigenvalue weighted by atomic mass is 10.1. The van der Waals surface area contributed by atoms with Crippen LogP contribution in [0.15, 0.2) is 59.6 Å². The second-order valence-electron chi connectivity index (χ2n) is 6.20. The van der Waals surface area contributed by atoms with Crippen molar-refractivity contribution in [3.63, 3.8) is 0 Å². The van der Waals surface area contributed by atoms with Gasteiger partial charge in [0.1, 0.15) is 0 Å². The molecule has 0 unspecified atom stereocenters. The van der Waals surface area contributed by atoms with Crippen molar-refractivity contribution in [2.45, 2.75) is 19.3 Å². The number of amides is 1. The maximum atomic E-state index is 12.2. The van der Waals surface area contributed by atoms with Crippen LogP contribution in [0, 0.1) is 0 Å². The van der Waals surface area contributed by atoms with Gasteiger partial charge < -0.3 is 16.0 Å². The number of likely N-dealkylation sites (tertiary alicyclic amines) is 1. The third-order valence-corrected chi connectivity index (χ3v) is 4.35. The zero-order valence-electron chi connectivity index (χ0n) is 14.3. The smallest absolute Gasteiger partial charge is 0.251 e. The first-order chi connectivity index (χ1) is 12.2. The third-order valence-electron chi connectivity index (χ3n) is 4.35. The maximum absolute atomic E-state index is 12.2. The predicted octanol–water partition coefficient (Wildman–Crippen LogP) is 2.70. The van der Waals surface area contributed by atoms with Gasteiger partial charge in [0.25, 0.3) is 5.91 Å². The molecule has 1 amide bonds. The number of aliphatic imine (C=N–C) groups is 1. The van der Waals surface area contributed by atoms with Crippen LogP contribution in [0.4, 0.5) is 5.69 Å². The highest BCUT2D eigenvalue weighted by Crippen LogP contribution is 2.15. The largest absolute Gasteiger partial charge is 0.369 e. The van der Waals surface area contributed by atoms with Crippen LogP contribution in [0.3, 0.4) is 0 Å². The molecule has 2 aromatic rings. The van der Waals surface area contributed by atoms with Gasteiger partial charge in [0.2, 0.25) is 0 Å². The molecule has 1 fully saturated rings. The standard InChI is InChI=1S/C20H24N4O/c21-20(24-14-4-5-15-24)23-18-10-8-17(9-11-18)19(25)22-13-12-16-6-2-1-3-7-16/h1-3,6-11H,4-5,12-15H2,(H2,21,23)(H,22,25). The number of nitrogens with zero attached hydrogens (tertiary/aromatic N) is 2. The number of hydrogen-bond donors (Lipinski definition) is 2. The summed E-state index contributed by atoms with van der Waals surface area (Å²) in [6.07, 6.45) is 3.15. The van der Waals surface area contributed by atoms with E-state index in [4.69, 9.17) is 5.73 Å². The number of nitrogens with one attached hydrogen (secondary N) is 1. The molecule has 1 aliphatic heterocycles. The molecule has 0 atom stereocenters. The Morgan fingerprint density at radius 1 is 1.04 bits per heavy atom. The molecule has 1 heterocycles. The van der Waals surface area contributed by atoms with Gasteiger partial charge >= 0.3 is 0 Å². The molecule has 5 heteroatoms. The van der Waals surface area contributed by atoms with Crippen LogP contribution in [-0.4, -0.2) is 36.4 Å². The minimum Gasteiger partial charge on any atom is -0.369 e. The highest BCUT2D eigenvalue weighted by Gasteiger charge is 2.13. The van der Waals surface area contributed by atoms with Crippen molar-refractivity contribution in [1.82, 2.24) is 10.2 Å². The molecule has 0 aliphatic carbocycles. The molecule has 130 valence electrons. The maximum Gasteiger partial charge on any atom is 0.251 e. The first kappa shape index (κ1) is 17.0. The molecule has 0 bridgehead atoms. The molecule has 1 saturated heterocycles. The number of guanidine groups is 1. The van der Waals surface area contributed by atoms with Gasteiger partial charge in [-0.1, -0.05) is 30.3 Å². The summed E-state index contributed by atoms with van der Waals surface area (Å²) in [6.45, 7) is 2.55. The Hall–Kier alpha value is -2.82. The molecular formula is C20H24N4O. The Labute approximate surface area is 148 Å². The van der Waals surface area contributed by atoms with Crippen LogP contribution in [0.1, 0.15) is 28.8 Å². The lowest BCUT2D eigenvalue weighted by Crippen LogP contribution is -2.34. The first-order valence-electron chi connectivity index (χ1n) is 8.74. The fraction of sp³-hybridized carbons (Fsp3) is 0.300. The van der Waals surface area contributed by atoms with Crippen molar-refractivity contribution >= 4 is 17.6 Å². The zero-order valence-corrected chi connectivity index (χ0v) is 14.3. The average Bonchev–Trinajstić information content (AvgIpc) is 3.18. The molecule has 0 saturated carbocycles. The molecule has 3 N–H and O–H groups in total. The number of hydrogen-bond acceptors (Lipinski definition) is 2. The summed E-state index contributed by atoms with van der Waals surface area (Å²) < 4.78 is 0. The number of benzene rings is 2. The Morgan fingerprint density at radius 2 is 1.72 bits per heavy atom. The van der Waals surface area contributed by atoms with Crippen molar-refractivity contribution < 1.29 is 4.79 Å². The normalized spacial score (nSPS) is 14.6. The molecule has 0 radical (unpaired) electrons. The van der Waals surface area contributed by atoms with Crippen LogP contribution in [0.2, 0.25) is 0 Å². The molecule has 2 aromatic carbocycles. The van der Waals surface area contributed by atoms with Crippen molar-refractivity contribution in [3.05, 3.63) is 65.7 Å². The lowest BCUT2D eigenvalue weighted by Gasteiger charge is -2.15. The molecule has 3 rings (SSSR count). The molecule has 25 heavy (non-hydrogen) atoms. The second-order valence-corrected chi connectivity index (χ2v) is 6.20. The average molecular weight is 336 g/mol. The molecule has 1 aliphatic rings. The molecule has 5 nitrogen and oxygen atoms in total.